The molecule has 4 heteroatoms. The number of nitrogens with one attached hydrogen (secondary N) is 1. The molecule has 0 radical (unpaired) electrons. The predicted molar refractivity (Wildman–Crippen MR) is 77.6 cm³/mol. The lowest BCUT2D eigenvalue weighted by Crippen LogP contribution is -2.09. The molecule has 0 saturated heterocycles. The van der Waals surface area contributed by atoms with E-state index in [4.69, 9.17) is 0 Å². The molecular weight excluding hydrogens is 236 g/mol. The number of hydrogen-bond acceptors (Lipinski definition) is 3. The highest BCUT2D eigenvalue weighted by Gasteiger charge is 2.03. The van der Waals surface area contributed by atoms with E-state index in [1.165, 1.54) is 0 Å². The van der Waals surface area contributed by atoms with E-state index in [9.17, 15) is 0 Å². The molecule has 0 amide bonds. The summed E-state index contributed by atoms with van der Waals surface area (Å²) in [5.41, 5.74) is 3.89. The number of benzene rings is 2. The van der Waals surface area contributed by atoms with Crippen LogP contribution in [0.1, 0.15) is 13.8 Å². The molecule has 0 spiro atoms. The molecule has 0 aliphatic carbocycles. The van der Waals surface area contributed by atoms with Crippen LogP contribution in [0.25, 0.3) is 16.7 Å². The molecule has 2 aromatic carbocycles. The molecule has 1 N–H and O–H groups in total. The zero-order valence-corrected chi connectivity index (χ0v) is 11.0. The predicted octanol–water partition coefficient (Wildman–Crippen LogP) is 3.24. The summed E-state index contributed by atoms with van der Waals surface area (Å²) < 4.78 is 0. The smallest absolute Gasteiger partial charge is 0.113 e. The van der Waals surface area contributed by atoms with Gasteiger partial charge in [-0.25, -0.2) is 0 Å². The van der Waals surface area contributed by atoms with E-state index in [0.717, 1.165) is 22.4 Å². The van der Waals surface area contributed by atoms with E-state index in [1.54, 1.807) is 4.80 Å². The number of aromatic nitrogens is 3. The van der Waals surface area contributed by atoms with Gasteiger partial charge in [0.25, 0.3) is 0 Å². The van der Waals surface area contributed by atoms with Crippen molar-refractivity contribution in [2.24, 2.45) is 0 Å². The molecule has 0 aliphatic heterocycles. The lowest BCUT2D eigenvalue weighted by Gasteiger charge is -2.09. The van der Waals surface area contributed by atoms with Crippen molar-refractivity contribution in [3.05, 3.63) is 48.5 Å². The fraction of sp³-hybridized carbons (Fsp3) is 0.200. The van der Waals surface area contributed by atoms with Gasteiger partial charge in [-0.2, -0.15) is 4.80 Å². The molecule has 0 unspecified atom stereocenters. The van der Waals surface area contributed by atoms with Crippen molar-refractivity contribution < 1.29 is 0 Å². The van der Waals surface area contributed by atoms with E-state index in [1.807, 2.05) is 48.5 Å². The molecule has 96 valence electrons. The number of hydrogen-bond donors (Lipinski definition) is 1. The van der Waals surface area contributed by atoms with Gasteiger partial charge in [0.15, 0.2) is 0 Å². The van der Waals surface area contributed by atoms with Gasteiger partial charge in [0.1, 0.15) is 11.0 Å². The molecule has 0 fully saturated rings. The van der Waals surface area contributed by atoms with Crippen LogP contribution in [0.3, 0.4) is 0 Å². The molecule has 3 rings (SSSR count). The third-order valence-corrected chi connectivity index (χ3v) is 2.84. The first-order valence-corrected chi connectivity index (χ1v) is 6.41. The third kappa shape index (κ3) is 2.42. The molecule has 4 nitrogen and oxygen atoms in total. The maximum atomic E-state index is 4.46. The summed E-state index contributed by atoms with van der Waals surface area (Å²) >= 11 is 0. The van der Waals surface area contributed by atoms with Crippen molar-refractivity contribution in [2.45, 2.75) is 19.9 Å². The fourth-order valence-corrected chi connectivity index (χ4v) is 2.00. The molecule has 0 aliphatic rings. The monoisotopic (exact) mass is 252 g/mol. The van der Waals surface area contributed by atoms with E-state index >= 15 is 0 Å². The number of nitrogens with zero attached hydrogens (tertiary/aromatic N) is 3. The molecular formula is C15H16N4. The molecule has 0 saturated carbocycles. The van der Waals surface area contributed by atoms with Crippen LogP contribution in [0.5, 0.6) is 0 Å². The number of rotatable bonds is 3. The molecule has 3 aromatic rings. The van der Waals surface area contributed by atoms with Crippen molar-refractivity contribution in [3.63, 3.8) is 0 Å². The average Bonchev–Trinajstić information content (AvgIpc) is 2.82. The molecule has 19 heavy (non-hydrogen) atoms. The zero-order valence-electron chi connectivity index (χ0n) is 11.0. The lowest BCUT2D eigenvalue weighted by molar-refractivity contribution is 0.765. The Bertz CT molecular complexity index is 650. The van der Waals surface area contributed by atoms with Crippen LogP contribution in [0.4, 0.5) is 5.69 Å². The lowest BCUT2D eigenvalue weighted by atomic mass is 10.2. The van der Waals surface area contributed by atoms with Crippen molar-refractivity contribution in [1.82, 2.24) is 15.0 Å². The normalized spacial score (nSPS) is 11.1. The third-order valence-electron chi connectivity index (χ3n) is 2.84. The van der Waals surface area contributed by atoms with E-state index in [-0.39, 0.29) is 0 Å². The van der Waals surface area contributed by atoms with Crippen molar-refractivity contribution in [2.75, 3.05) is 5.32 Å². The Morgan fingerprint density at radius 1 is 0.895 bits per heavy atom. The summed E-state index contributed by atoms with van der Waals surface area (Å²) in [6.45, 7) is 4.24. The molecule has 1 heterocycles. The first-order chi connectivity index (χ1) is 9.22. The summed E-state index contributed by atoms with van der Waals surface area (Å²) in [6.07, 6.45) is 0. The van der Waals surface area contributed by atoms with Crippen molar-refractivity contribution in [1.29, 1.82) is 0 Å². The Hall–Kier alpha value is -2.36. The maximum absolute atomic E-state index is 4.46. The summed E-state index contributed by atoms with van der Waals surface area (Å²) in [6, 6.07) is 16.4. The van der Waals surface area contributed by atoms with Gasteiger partial charge in [-0.1, -0.05) is 12.1 Å². The Balaban J connectivity index is 1.93. The van der Waals surface area contributed by atoms with Gasteiger partial charge >= 0.3 is 0 Å². The highest BCUT2D eigenvalue weighted by atomic mass is 15.5. The van der Waals surface area contributed by atoms with Gasteiger partial charge in [0.2, 0.25) is 0 Å². The maximum Gasteiger partial charge on any atom is 0.113 e. The first-order valence-electron chi connectivity index (χ1n) is 6.41. The summed E-state index contributed by atoms with van der Waals surface area (Å²) in [5, 5.41) is 12.3. The second-order valence-corrected chi connectivity index (χ2v) is 4.82. The molecule has 0 bridgehead atoms. The Morgan fingerprint density at radius 2 is 1.47 bits per heavy atom. The highest BCUT2D eigenvalue weighted by molar-refractivity contribution is 5.73. The average molecular weight is 252 g/mol. The van der Waals surface area contributed by atoms with Crippen LogP contribution in [-0.4, -0.2) is 21.0 Å². The minimum Gasteiger partial charge on any atom is -0.383 e. The Kier molecular flexibility index (Phi) is 2.91. The summed E-state index contributed by atoms with van der Waals surface area (Å²) in [5.74, 6) is 0. The molecule has 0 atom stereocenters. The Labute approximate surface area is 112 Å². The van der Waals surface area contributed by atoms with Gasteiger partial charge in [-0.05, 0) is 50.2 Å². The van der Waals surface area contributed by atoms with Crippen LogP contribution in [0, 0.1) is 0 Å². The zero-order chi connectivity index (χ0) is 13.2. The van der Waals surface area contributed by atoms with E-state index < -0.39 is 0 Å². The Morgan fingerprint density at radius 3 is 2.00 bits per heavy atom. The van der Waals surface area contributed by atoms with Crippen LogP contribution in [0.15, 0.2) is 48.5 Å². The fourth-order valence-electron chi connectivity index (χ4n) is 2.00. The largest absolute Gasteiger partial charge is 0.383 e. The number of fused-ring (bicyclic) bond motifs is 1. The van der Waals surface area contributed by atoms with Crippen LogP contribution in [-0.2, 0) is 0 Å². The van der Waals surface area contributed by atoms with E-state index in [2.05, 4.69) is 29.4 Å². The minimum atomic E-state index is 0.427. The second-order valence-electron chi connectivity index (χ2n) is 4.82. The van der Waals surface area contributed by atoms with Crippen LogP contribution in [0.2, 0.25) is 0 Å². The number of anilines is 1. The van der Waals surface area contributed by atoms with Gasteiger partial charge in [0.05, 0.1) is 5.69 Å². The standard InChI is InChI=1S/C15H16N4/c1-11(2)16-12-7-9-13(10-8-12)19-17-14-5-3-4-6-15(14)18-19/h3-11,16H,1-2H3. The van der Waals surface area contributed by atoms with Gasteiger partial charge < -0.3 is 5.32 Å². The quantitative estimate of drug-likeness (QED) is 0.778. The van der Waals surface area contributed by atoms with Gasteiger partial charge in [-0.15, -0.1) is 10.2 Å². The topological polar surface area (TPSA) is 42.7 Å². The summed E-state index contributed by atoms with van der Waals surface area (Å²) in [7, 11) is 0. The summed E-state index contributed by atoms with van der Waals surface area (Å²) in [4.78, 5) is 1.67. The van der Waals surface area contributed by atoms with Crippen LogP contribution >= 0.6 is 0 Å². The van der Waals surface area contributed by atoms with Crippen molar-refractivity contribution >= 4 is 16.7 Å². The van der Waals surface area contributed by atoms with Crippen LogP contribution < -0.4 is 5.32 Å². The second kappa shape index (κ2) is 4.72. The van der Waals surface area contributed by atoms with Gasteiger partial charge in [-0.3, -0.25) is 0 Å². The molecule has 1 aromatic heterocycles. The SMILES string of the molecule is CC(C)Nc1ccc(-n2nc3ccccc3n2)cc1. The van der Waals surface area contributed by atoms with Gasteiger partial charge in [0, 0.05) is 11.7 Å². The minimum absolute atomic E-state index is 0.427. The van der Waals surface area contributed by atoms with Crippen molar-refractivity contribution in [3.8, 4) is 5.69 Å². The highest BCUT2D eigenvalue weighted by Crippen LogP contribution is 2.15. The van der Waals surface area contributed by atoms with E-state index in [0.29, 0.717) is 6.04 Å². The first kappa shape index (κ1) is 11.7.